The molecule has 1 atom stereocenters. The van der Waals surface area contributed by atoms with Gasteiger partial charge in [-0.3, -0.25) is 9.59 Å². The Kier molecular flexibility index (Phi) is 4.85. The van der Waals surface area contributed by atoms with Crippen molar-refractivity contribution in [1.29, 1.82) is 0 Å². The topological polar surface area (TPSA) is 58.6 Å². The van der Waals surface area contributed by atoms with E-state index in [-0.39, 0.29) is 18.2 Å². The zero-order chi connectivity index (χ0) is 17.1. The second-order valence-corrected chi connectivity index (χ2v) is 6.20. The van der Waals surface area contributed by atoms with Crippen LogP contribution in [0.25, 0.3) is 0 Å². The Hall–Kier alpha value is -2.34. The third-order valence-electron chi connectivity index (χ3n) is 3.76. The molecule has 124 valence electrons. The lowest BCUT2D eigenvalue weighted by Crippen LogP contribution is -2.35. The number of rotatable bonds is 5. The summed E-state index contributed by atoms with van der Waals surface area (Å²) in [6, 6.07) is 14.0. The van der Waals surface area contributed by atoms with Gasteiger partial charge in [-0.1, -0.05) is 24.3 Å². The summed E-state index contributed by atoms with van der Waals surface area (Å²) in [5.41, 5.74) is 1.27. The Balaban J connectivity index is 1.84. The molecule has 1 aliphatic heterocycles. The van der Waals surface area contributed by atoms with Crippen LogP contribution in [-0.2, 0) is 9.59 Å². The molecule has 0 aromatic heterocycles. The number of anilines is 2. The maximum atomic E-state index is 12.7. The molecule has 1 heterocycles. The van der Waals surface area contributed by atoms with Crippen LogP contribution in [-0.4, -0.2) is 24.5 Å². The number of nitrogens with one attached hydrogen (secondary N) is 1. The summed E-state index contributed by atoms with van der Waals surface area (Å²) < 4.78 is 6.27. The Morgan fingerprint density at radius 3 is 2.62 bits per heavy atom. The Morgan fingerprint density at radius 2 is 1.88 bits per heavy atom. The van der Waals surface area contributed by atoms with Crippen molar-refractivity contribution in [1.82, 2.24) is 0 Å². The third-order valence-corrected chi connectivity index (χ3v) is 4.43. The molecule has 0 spiro atoms. The molecule has 0 saturated carbocycles. The van der Waals surface area contributed by atoms with Crippen molar-refractivity contribution < 1.29 is 14.3 Å². The molecule has 2 amide bonds. The normalized spacial score (nSPS) is 17.2. The van der Waals surface area contributed by atoms with Crippen molar-refractivity contribution in [3.05, 3.63) is 53.0 Å². The third kappa shape index (κ3) is 3.14. The first-order valence-corrected chi connectivity index (χ1v) is 8.50. The summed E-state index contributed by atoms with van der Waals surface area (Å²) in [6.45, 7) is 2.43. The van der Waals surface area contributed by atoms with Gasteiger partial charge in [-0.05, 0) is 47.1 Å². The highest BCUT2D eigenvalue weighted by molar-refractivity contribution is 9.10. The van der Waals surface area contributed by atoms with Crippen molar-refractivity contribution in [2.75, 3.05) is 16.8 Å². The fraction of sp³-hybridized carbons (Fsp3) is 0.222. The number of hydrogen-bond acceptors (Lipinski definition) is 4. The van der Waals surface area contributed by atoms with Gasteiger partial charge in [0.05, 0.1) is 24.4 Å². The summed E-state index contributed by atoms with van der Waals surface area (Å²) in [5.74, 6) is 0.177. The molecule has 0 unspecified atom stereocenters. The summed E-state index contributed by atoms with van der Waals surface area (Å²) in [5, 5.41) is 3.14. The second-order valence-electron chi connectivity index (χ2n) is 5.35. The van der Waals surface area contributed by atoms with E-state index < -0.39 is 6.04 Å². The molecule has 0 radical (unpaired) electrons. The van der Waals surface area contributed by atoms with Gasteiger partial charge in [0.25, 0.3) is 5.91 Å². The van der Waals surface area contributed by atoms with E-state index in [0.717, 1.165) is 0 Å². The van der Waals surface area contributed by atoms with Crippen molar-refractivity contribution in [2.45, 2.75) is 19.4 Å². The van der Waals surface area contributed by atoms with E-state index in [1.165, 1.54) is 4.90 Å². The number of para-hydroxylation sites is 3. The van der Waals surface area contributed by atoms with Crippen LogP contribution in [0.2, 0.25) is 0 Å². The van der Waals surface area contributed by atoms with Crippen molar-refractivity contribution in [3.63, 3.8) is 0 Å². The van der Waals surface area contributed by atoms with Crippen LogP contribution >= 0.6 is 15.9 Å². The summed E-state index contributed by atoms with van der Waals surface area (Å²) in [7, 11) is 0. The molecule has 2 aromatic carbocycles. The zero-order valence-electron chi connectivity index (χ0n) is 13.2. The number of ether oxygens (including phenoxy) is 1. The second kappa shape index (κ2) is 7.05. The van der Waals surface area contributed by atoms with Crippen LogP contribution < -0.4 is 15.0 Å². The fourth-order valence-electron chi connectivity index (χ4n) is 2.69. The van der Waals surface area contributed by atoms with E-state index in [9.17, 15) is 9.59 Å². The molecule has 2 aromatic rings. The number of carbonyl (C=O) groups excluding carboxylic acids is 2. The Labute approximate surface area is 148 Å². The summed E-state index contributed by atoms with van der Waals surface area (Å²) >= 11 is 3.39. The van der Waals surface area contributed by atoms with Crippen LogP contribution in [0, 0.1) is 0 Å². The van der Waals surface area contributed by atoms with Crippen molar-refractivity contribution in [3.8, 4) is 5.75 Å². The Bertz CT molecular complexity index is 778. The SMILES string of the molecule is CCOc1ccccc1N[C@@H]1CC(=O)N(c2ccccc2Br)C1=O. The molecule has 6 heteroatoms. The number of carbonyl (C=O) groups is 2. The highest BCUT2D eigenvalue weighted by atomic mass is 79.9. The van der Waals surface area contributed by atoms with Gasteiger partial charge in [-0.2, -0.15) is 0 Å². The zero-order valence-corrected chi connectivity index (χ0v) is 14.7. The molecule has 1 saturated heterocycles. The molecule has 0 bridgehead atoms. The predicted molar refractivity (Wildman–Crippen MR) is 96.3 cm³/mol. The van der Waals surface area contributed by atoms with E-state index in [1.807, 2.05) is 37.3 Å². The number of hydrogen-bond donors (Lipinski definition) is 1. The van der Waals surface area contributed by atoms with Crippen LogP contribution in [0.5, 0.6) is 5.75 Å². The first-order valence-electron chi connectivity index (χ1n) is 7.71. The average Bonchev–Trinajstić information content (AvgIpc) is 2.84. The lowest BCUT2D eigenvalue weighted by atomic mass is 10.2. The van der Waals surface area contributed by atoms with Gasteiger partial charge in [0.15, 0.2) is 0 Å². The van der Waals surface area contributed by atoms with Gasteiger partial charge in [0.1, 0.15) is 11.8 Å². The van der Waals surface area contributed by atoms with E-state index in [4.69, 9.17) is 4.74 Å². The maximum absolute atomic E-state index is 12.7. The molecule has 5 nitrogen and oxygen atoms in total. The smallest absolute Gasteiger partial charge is 0.256 e. The van der Waals surface area contributed by atoms with E-state index >= 15 is 0 Å². The number of imide groups is 1. The van der Waals surface area contributed by atoms with Crippen molar-refractivity contribution in [2.24, 2.45) is 0 Å². The molecule has 1 fully saturated rings. The van der Waals surface area contributed by atoms with Gasteiger partial charge in [0, 0.05) is 4.47 Å². The van der Waals surface area contributed by atoms with Gasteiger partial charge < -0.3 is 10.1 Å². The standard InChI is InChI=1S/C18H17BrN2O3/c1-2-24-16-10-6-4-8-13(16)20-14-11-17(22)21(18(14)23)15-9-5-3-7-12(15)19/h3-10,14,20H,2,11H2,1H3/t14-/m1/s1. The fourth-order valence-corrected chi connectivity index (χ4v) is 3.15. The first-order chi connectivity index (χ1) is 11.6. The van der Waals surface area contributed by atoms with Gasteiger partial charge in [-0.25, -0.2) is 4.90 Å². The minimum atomic E-state index is -0.605. The first kappa shape index (κ1) is 16.5. The van der Waals surface area contributed by atoms with Crippen LogP contribution in [0.1, 0.15) is 13.3 Å². The van der Waals surface area contributed by atoms with Crippen LogP contribution in [0.3, 0.4) is 0 Å². The van der Waals surface area contributed by atoms with Crippen molar-refractivity contribution >= 4 is 39.1 Å². The monoisotopic (exact) mass is 388 g/mol. The molecule has 0 aliphatic carbocycles. The largest absolute Gasteiger partial charge is 0.492 e. The quantitative estimate of drug-likeness (QED) is 0.795. The van der Waals surface area contributed by atoms with Gasteiger partial charge >= 0.3 is 0 Å². The van der Waals surface area contributed by atoms with Gasteiger partial charge in [0.2, 0.25) is 5.91 Å². The number of nitrogens with zero attached hydrogens (tertiary/aromatic N) is 1. The van der Waals surface area contributed by atoms with E-state index in [1.54, 1.807) is 18.2 Å². The maximum Gasteiger partial charge on any atom is 0.256 e. The van der Waals surface area contributed by atoms with Crippen LogP contribution in [0.4, 0.5) is 11.4 Å². The van der Waals surface area contributed by atoms with Crippen LogP contribution in [0.15, 0.2) is 53.0 Å². The summed E-state index contributed by atoms with van der Waals surface area (Å²) in [4.78, 5) is 26.3. The lowest BCUT2D eigenvalue weighted by Gasteiger charge is -2.18. The predicted octanol–water partition coefficient (Wildman–Crippen LogP) is 3.59. The lowest BCUT2D eigenvalue weighted by molar-refractivity contribution is -0.121. The minimum absolute atomic E-state index is 0.112. The Morgan fingerprint density at radius 1 is 1.17 bits per heavy atom. The highest BCUT2D eigenvalue weighted by Crippen LogP contribution is 2.32. The highest BCUT2D eigenvalue weighted by Gasteiger charge is 2.40. The molecule has 3 rings (SSSR count). The minimum Gasteiger partial charge on any atom is -0.492 e. The molecule has 24 heavy (non-hydrogen) atoms. The molecular formula is C18H17BrN2O3. The number of amides is 2. The molecule has 1 aliphatic rings. The van der Waals surface area contributed by atoms with E-state index in [0.29, 0.717) is 28.2 Å². The average molecular weight is 389 g/mol. The number of benzene rings is 2. The van der Waals surface area contributed by atoms with Gasteiger partial charge in [-0.15, -0.1) is 0 Å². The number of halogens is 1. The summed E-state index contributed by atoms with van der Waals surface area (Å²) in [6.07, 6.45) is 0.112. The van der Waals surface area contributed by atoms with E-state index in [2.05, 4.69) is 21.2 Å². The molecular weight excluding hydrogens is 372 g/mol. The molecule has 1 N–H and O–H groups in total.